The Morgan fingerprint density at radius 3 is 2.61 bits per heavy atom. The highest BCUT2D eigenvalue weighted by atomic mass is 14.9. The summed E-state index contributed by atoms with van der Waals surface area (Å²) in [5.41, 5.74) is 2.74. The van der Waals surface area contributed by atoms with E-state index in [0.717, 1.165) is 19.6 Å². The van der Waals surface area contributed by atoms with Gasteiger partial charge in [-0.1, -0.05) is 50.8 Å². The van der Waals surface area contributed by atoms with Crippen molar-refractivity contribution in [1.29, 1.82) is 0 Å². The van der Waals surface area contributed by atoms with Crippen LogP contribution in [-0.4, -0.2) is 31.7 Å². The molecule has 23 heavy (non-hydrogen) atoms. The molecule has 3 heteroatoms. The van der Waals surface area contributed by atoms with Crippen molar-refractivity contribution in [2.75, 3.05) is 26.7 Å². The van der Waals surface area contributed by atoms with Crippen LogP contribution in [0.2, 0.25) is 0 Å². The van der Waals surface area contributed by atoms with E-state index >= 15 is 0 Å². The molecule has 0 aromatic carbocycles. The second-order valence-electron chi connectivity index (χ2n) is 5.13. The van der Waals surface area contributed by atoms with Crippen LogP contribution in [0.25, 0.3) is 5.57 Å². The number of aromatic nitrogens is 1. The van der Waals surface area contributed by atoms with Gasteiger partial charge in [-0.25, -0.2) is 0 Å². The number of hydrogen-bond donors (Lipinski definition) is 2. The summed E-state index contributed by atoms with van der Waals surface area (Å²) in [6.07, 6.45) is 12.8. The lowest BCUT2D eigenvalue weighted by molar-refractivity contribution is 0.559. The van der Waals surface area contributed by atoms with Gasteiger partial charge in [-0.05, 0) is 50.1 Å². The molecule has 2 heterocycles. The summed E-state index contributed by atoms with van der Waals surface area (Å²) in [7, 11) is 1.93. The lowest BCUT2D eigenvalue weighted by atomic mass is 9.89. The summed E-state index contributed by atoms with van der Waals surface area (Å²) >= 11 is 0. The van der Waals surface area contributed by atoms with Gasteiger partial charge in [0, 0.05) is 25.5 Å². The maximum Gasteiger partial charge on any atom is 0.0343 e. The maximum absolute atomic E-state index is 4.17. The fourth-order valence-corrected chi connectivity index (χ4v) is 2.10. The van der Waals surface area contributed by atoms with Crippen molar-refractivity contribution in [3.63, 3.8) is 0 Å². The molecular weight excluding hydrogens is 282 g/mol. The van der Waals surface area contributed by atoms with E-state index in [9.17, 15) is 0 Å². The molecule has 0 fully saturated rings. The van der Waals surface area contributed by atoms with Crippen LogP contribution in [0.3, 0.4) is 0 Å². The van der Waals surface area contributed by atoms with Crippen molar-refractivity contribution in [1.82, 2.24) is 15.6 Å². The third-order valence-corrected chi connectivity index (χ3v) is 3.47. The smallest absolute Gasteiger partial charge is 0.0343 e. The molecule has 1 unspecified atom stereocenters. The van der Waals surface area contributed by atoms with E-state index in [4.69, 9.17) is 0 Å². The number of pyridine rings is 1. The van der Waals surface area contributed by atoms with Crippen LogP contribution in [0.1, 0.15) is 32.8 Å². The quantitative estimate of drug-likeness (QED) is 0.823. The zero-order chi connectivity index (χ0) is 17.3. The largest absolute Gasteiger partial charge is 0.320 e. The minimum atomic E-state index is 0.646. The molecule has 0 radical (unpaired) electrons. The number of rotatable bonds is 4. The Morgan fingerprint density at radius 2 is 2.17 bits per heavy atom. The highest BCUT2D eigenvalue weighted by molar-refractivity contribution is 5.67. The molecule has 1 aliphatic heterocycles. The molecule has 1 aliphatic rings. The van der Waals surface area contributed by atoms with E-state index < -0.39 is 0 Å². The lowest BCUT2D eigenvalue weighted by Crippen LogP contribution is -2.28. The predicted molar refractivity (Wildman–Crippen MR) is 103 cm³/mol. The van der Waals surface area contributed by atoms with E-state index in [2.05, 4.69) is 48.2 Å². The van der Waals surface area contributed by atoms with Gasteiger partial charge in [0.2, 0.25) is 0 Å². The van der Waals surface area contributed by atoms with Crippen LogP contribution in [-0.2, 0) is 0 Å². The van der Waals surface area contributed by atoms with E-state index in [0.29, 0.717) is 5.92 Å². The standard InChI is InChI=1S/C12H16N2.C5H8.C3H9N/c1-2-10-8-14-7-5-12(10)11-4-3-6-13-9-11;1-3-5-4-2;1-3-4-2/h3-6,9-10,14H,2,7-8H2,1H3;3-5H,1H2,2H3;4H,3H2,1-2H3/b;5-4-;. The molecule has 0 saturated heterocycles. The molecule has 0 bridgehead atoms. The molecule has 0 amide bonds. The topological polar surface area (TPSA) is 37.0 Å². The van der Waals surface area contributed by atoms with Crippen LogP contribution < -0.4 is 10.6 Å². The Bertz CT molecular complexity index is 447. The van der Waals surface area contributed by atoms with Crippen molar-refractivity contribution in [2.24, 2.45) is 5.92 Å². The molecule has 128 valence electrons. The van der Waals surface area contributed by atoms with Gasteiger partial charge in [0.25, 0.3) is 0 Å². The van der Waals surface area contributed by atoms with E-state index in [1.54, 1.807) is 6.08 Å². The maximum atomic E-state index is 4.17. The molecule has 2 rings (SSSR count). The van der Waals surface area contributed by atoms with Crippen molar-refractivity contribution in [3.05, 3.63) is 61.0 Å². The molecule has 1 atom stereocenters. The molecule has 0 aliphatic carbocycles. The normalized spacial score (nSPS) is 16.5. The number of allylic oxidation sites excluding steroid dienone is 3. The van der Waals surface area contributed by atoms with Gasteiger partial charge in [-0.15, -0.1) is 0 Å². The fourth-order valence-electron chi connectivity index (χ4n) is 2.10. The van der Waals surface area contributed by atoms with Crippen LogP contribution in [0.4, 0.5) is 0 Å². The average Bonchev–Trinajstić information content (AvgIpc) is 2.64. The Hall–Kier alpha value is -1.71. The third-order valence-electron chi connectivity index (χ3n) is 3.47. The van der Waals surface area contributed by atoms with Gasteiger partial charge in [-0.3, -0.25) is 4.98 Å². The molecule has 1 aromatic rings. The molecule has 2 N–H and O–H groups in total. The minimum Gasteiger partial charge on any atom is -0.320 e. The van der Waals surface area contributed by atoms with Crippen molar-refractivity contribution in [2.45, 2.75) is 27.2 Å². The van der Waals surface area contributed by atoms with Crippen LogP contribution >= 0.6 is 0 Å². The van der Waals surface area contributed by atoms with Crippen molar-refractivity contribution < 1.29 is 0 Å². The minimum absolute atomic E-state index is 0.646. The summed E-state index contributed by atoms with van der Waals surface area (Å²) < 4.78 is 0. The first-order chi connectivity index (χ1) is 11.2. The molecule has 0 spiro atoms. The van der Waals surface area contributed by atoms with Crippen LogP contribution in [0.15, 0.2) is 55.4 Å². The van der Waals surface area contributed by atoms with Gasteiger partial charge in [0.1, 0.15) is 0 Å². The molecule has 3 nitrogen and oxygen atoms in total. The average molecular weight is 316 g/mol. The number of nitrogens with zero attached hydrogens (tertiary/aromatic N) is 1. The first-order valence-corrected chi connectivity index (χ1v) is 8.44. The molecule has 0 saturated carbocycles. The summed E-state index contributed by atoms with van der Waals surface area (Å²) in [4.78, 5) is 4.17. The second-order valence-corrected chi connectivity index (χ2v) is 5.13. The third kappa shape index (κ3) is 9.82. The Balaban J connectivity index is 0.000000450. The van der Waals surface area contributed by atoms with E-state index in [1.807, 2.05) is 44.6 Å². The fraction of sp³-hybridized carbons (Fsp3) is 0.450. The van der Waals surface area contributed by atoms with Gasteiger partial charge >= 0.3 is 0 Å². The van der Waals surface area contributed by atoms with Gasteiger partial charge in [0.05, 0.1) is 0 Å². The second kappa shape index (κ2) is 15.2. The van der Waals surface area contributed by atoms with Crippen LogP contribution in [0, 0.1) is 5.92 Å². The highest BCUT2D eigenvalue weighted by Gasteiger charge is 2.16. The Labute approximate surface area is 142 Å². The van der Waals surface area contributed by atoms with Gasteiger partial charge < -0.3 is 10.6 Å². The highest BCUT2D eigenvalue weighted by Crippen LogP contribution is 2.26. The summed E-state index contributed by atoms with van der Waals surface area (Å²) in [6.45, 7) is 12.9. The zero-order valence-electron chi connectivity index (χ0n) is 15.2. The van der Waals surface area contributed by atoms with Gasteiger partial charge in [0.15, 0.2) is 0 Å². The molecule has 1 aromatic heterocycles. The number of nitrogens with one attached hydrogen (secondary N) is 2. The van der Waals surface area contributed by atoms with Crippen molar-refractivity contribution in [3.8, 4) is 0 Å². The first kappa shape index (κ1) is 21.3. The lowest BCUT2D eigenvalue weighted by Gasteiger charge is -2.23. The Morgan fingerprint density at radius 1 is 1.43 bits per heavy atom. The summed E-state index contributed by atoms with van der Waals surface area (Å²) in [5, 5.41) is 6.32. The first-order valence-electron chi connectivity index (χ1n) is 8.44. The SMILES string of the molecule is C=C/C=C\C.CCC1CNCC=C1c1cccnc1.CCNC. The van der Waals surface area contributed by atoms with Crippen LogP contribution in [0.5, 0.6) is 0 Å². The van der Waals surface area contributed by atoms with E-state index in [-0.39, 0.29) is 0 Å². The summed E-state index contributed by atoms with van der Waals surface area (Å²) in [5.74, 6) is 0.646. The monoisotopic (exact) mass is 315 g/mol. The van der Waals surface area contributed by atoms with Crippen molar-refractivity contribution >= 4 is 5.57 Å². The summed E-state index contributed by atoms with van der Waals surface area (Å²) in [6, 6.07) is 4.15. The predicted octanol–water partition coefficient (Wildman–Crippen LogP) is 4.07. The zero-order valence-corrected chi connectivity index (χ0v) is 15.2. The Kier molecular flexibility index (Phi) is 14.1. The van der Waals surface area contributed by atoms with E-state index in [1.165, 1.54) is 17.6 Å². The van der Waals surface area contributed by atoms with Gasteiger partial charge in [-0.2, -0.15) is 0 Å². The molecular formula is C20H33N3. The number of hydrogen-bond acceptors (Lipinski definition) is 3.